The molecule has 0 saturated heterocycles. The first-order chi connectivity index (χ1) is 11.9. The number of hydrogen-bond acceptors (Lipinski definition) is 7. The Balaban J connectivity index is 2.05. The molecule has 7 nitrogen and oxygen atoms in total. The monoisotopic (exact) mass is 346 g/mol. The van der Waals surface area contributed by atoms with Gasteiger partial charge in [0.05, 0.1) is 6.10 Å². The fraction of sp³-hybridized carbons (Fsp3) is 0.278. The number of aliphatic hydroxyl groups is 1. The van der Waals surface area contributed by atoms with E-state index in [-0.39, 0.29) is 23.7 Å². The molecule has 0 aliphatic heterocycles. The first-order valence-electron chi connectivity index (χ1n) is 7.81. The fourth-order valence-corrected chi connectivity index (χ4v) is 2.28. The Labute approximate surface area is 145 Å². The molecule has 0 aliphatic carbocycles. The molecule has 0 radical (unpaired) electrons. The molecule has 1 unspecified atom stereocenters. The Morgan fingerprint density at radius 3 is 2.52 bits per heavy atom. The normalized spacial score (nSPS) is 13.2. The molecule has 0 spiro atoms. The molecule has 25 heavy (non-hydrogen) atoms. The molecule has 0 bridgehead atoms. The molecule has 6 N–H and O–H groups in total. The number of phenols is 2. The van der Waals surface area contributed by atoms with E-state index in [2.05, 4.69) is 5.32 Å². The number of benzene rings is 2. The molecule has 0 fully saturated rings. The van der Waals surface area contributed by atoms with Crippen molar-refractivity contribution in [1.29, 1.82) is 0 Å². The van der Waals surface area contributed by atoms with Crippen LogP contribution in [0, 0.1) is 0 Å². The third kappa shape index (κ3) is 5.18. The van der Waals surface area contributed by atoms with Gasteiger partial charge in [-0.2, -0.15) is 0 Å². The summed E-state index contributed by atoms with van der Waals surface area (Å²) >= 11 is 0. The number of rotatable bonds is 7. The van der Waals surface area contributed by atoms with Crippen molar-refractivity contribution in [3.63, 3.8) is 0 Å². The van der Waals surface area contributed by atoms with Gasteiger partial charge in [-0.05, 0) is 48.9 Å². The minimum absolute atomic E-state index is 0.0567. The van der Waals surface area contributed by atoms with Gasteiger partial charge in [0.1, 0.15) is 11.8 Å². The van der Waals surface area contributed by atoms with Gasteiger partial charge in [0.2, 0.25) is 0 Å². The van der Waals surface area contributed by atoms with Crippen molar-refractivity contribution in [3.05, 3.63) is 53.6 Å². The van der Waals surface area contributed by atoms with E-state index in [0.717, 1.165) is 5.56 Å². The SMILES string of the molecule is CNCC(O)c1ccc(O)c(OC(=O)[C@@H](N)Cc2ccc(O)cc2)c1. The zero-order valence-electron chi connectivity index (χ0n) is 13.8. The number of likely N-dealkylation sites (N-methyl/N-ethyl adjacent to an activating group) is 1. The molecule has 2 atom stereocenters. The summed E-state index contributed by atoms with van der Waals surface area (Å²) in [7, 11) is 1.70. The largest absolute Gasteiger partial charge is 0.508 e. The van der Waals surface area contributed by atoms with Crippen LogP contribution in [0.2, 0.25) is 0 Å². The van der Waals surface area contributed by atoms with Crippen molar-refractivity contribution in [3.8, 4) is 17.2 Å². The van der Waals surface area contributed by atoms with E-state index < -0.39 is 18.1 Å². The van der Waals surface area contributed by atoms with Crippen LogP contribution in [0.1, 0.15) is 17.2 Å². The van der Waals surface area contributed by atoms with Gasteiger partial charge >= 0.3 is 5.97 Å². The average Bonchev–Trinajstić information content (AvgIpc) is 2.59. The van der Waals surface area contributed by atoms with E-state index in [9.17, 15) is 20.1 Å². The van der Waals surface area contributed by atoms with Crippen molar-refractivity contribution in [2.45, 2.75) is 18.6 Å². The van der Waals surface area contributed by atoms with Gasteiger partial charge < -0.3 is 31.1 Å². The smallest absolute Gasteiger partial charge is 0.328 e. The van der Waals surface area contributed by atoms with Gasteiger partial charge in [-0.1, -0.05) is 18.2 Å². The van der Waals surface area contributed by atoms with Crippen LogP contribution >= 0.6 is 0 Å². The van der Waals surface area contributed by atoms with Crippen LogP contribution in [0.4, 0.5) is 0 Å². The highest BCUT2D eigenvalue weighted by Gasteiger charge is 2.19. The third-order valence-electron chi connectivity index (χ3n) is 3.67. The maximum absolute atomic E-state index is 12.2. The topological polar surface area (TPSA) is 125 Å². The summed E-state index contributed by atoms with van der Waals surface area (Å²) in [6.45, 7) is 0.318. The standard InChI is InChI=1S/C18H22N2O5/c1-20-10-16(23)12-4-7-15(22)17(9-12)25-18(24)14(19)8-11-2-5-13(21)6-3-11/h2-7,9,14,16,20-23H,8,10,19H2,1H3/t14-,16?/m0/s1. The summed E-state index contributed by atoms with van der Waals surface area (Å²) in [4.78, 5) is 12.2. The van der Waals surface area contributed by atoms with Gasteiger partial charge in [0, 0.05) is 6.54 Å². The minimum Gasteiger partial charge on any atom is -0.508 e. The van der Waals surface area contributed by atoms with Gasteiger partial charge in [-0.3, -0.25) is 0 Å². The predicted molar refractivity (Wildman–Crippen MR) is 92.4 cm³/mol. The number of nitrogens with two attached hydrogens (primary N) is 1. The molecular weight excluding hydrogens is 324 g/mol. The summed E-state index contributed by atoms with van der Waals surface area (Å²) in [5.74, 6) is -0.852. The molecule has 134 valence electrons. The Morgan fingerprint density at radius 1 is 1.20 bits per heavy atom. The number of carbonyl (C=O) groups is 1. The van der Waals surface area contributed by atoms with Crippen LogP contribution in [0.15, 0.2) is 42.5 Å². The van der Waals surface area contributed by atoms with Crippen molar-refractivity contribution in [1.82, 2.24) is 5.32 Å². The lowest BCUT2D eigenvalue weighted by Crippen LogP contribution is -2.36. The molecular formula is C18H22N2O5. The number of hydrogen-bond donors (Lipinski definition) is 5. The van der Waals surface area contributed by atoms with E-state index in [0.29, 0.717) is 12.1 Å². The molecule has 0 amide bonds. The minimum atomic E-state index is -0.935. The van der Waals surface area contributed by atoms with Crippen LogP contribution in [-0.2, 0) is 11.2 Å². The zero-order chi connectivity index (χ0) is 18.4. The summed E-state index contributed by atoms with van der Waals surface area (Å²) in [5.41, 5.74) is 7.12. The Bertz CT molecular complexity index is 718. The predicted octanol–water partition coefficient (Wildman–Crippen LogP) is 0.826. The molecule has 0 aromatic heterocycles. The lowest BCUT2D eigenvalue weighted by atomic mass is 10.1. The van der Waals surface area contributed by atoms with Crippen LogP contribution in [-0.4, -0.2) is 40.9 Å². The first kappa shape index (κ1) is 18.7. The highest BCUT2D eigenvalue weighted by Crippen LogP contribution is 2.29. The summed E-state index contributed by atoms with van der Waals surface area (Å²) in [5, 5.41) is 31.9. The average molecular weight is 346 g/mol. The molecule has 0 heterocycles. The second-order valence-corrected chi connectivity index (χ2v) is 5.70. The van der Waals surface area contributed by atoms with Crippen LogP contribution in [0.3, 0.4) is 0 Å². The van der Waals surface area contributed by atoms with E-state index in [1.54, 1.807) is 25.2 Å². The lowest BCUT2D eigenvalue weighted by molar-refractivity contribution is -0.135. The van der Waals surface area contributed by atoms with Crippen molar-refractivity contribution in [2.24, 2.45) is 5.73 Å². The maximum Gasteiger partial charge on any atom is 0.328 e. The molecule has 2 aromatic carbocycles. The highest BCUT2D eigenvalue weighted by atomic mass is 16.5. The van der Waals surface area contributed by atoms with Gasteiger partial charge in [0.25, 0.3) is 0 Å². The zero-order valence-corrected chi connectivity index (χ0v) is 13.8. The highest BCUT2D eigenvalue weighted by molar-refractivity contribution is 5.79. The molecule has 2 aromatic rings. The Morgan fingerprint density at radius 2 is 1.88 bits per heavy atom. The molecule has 0 saturated carbocycles. The van der Waals surface area contributed by atoms with Gasteiger partial charge in [0.15, 0.2) is 11.5 Å². The first-order valence-corrected chi connectivity index (χ1v) is 7.81. The van der Waals surface area contributed by atoms with Crippen molar-refractivity contribution in [2.75, 3.05) is 13.6 Å². The molecule has 7 heteroatoms. The second-order valence-electron chi connectivity index (χ2n) is 5.70. The van der Waals surface area contributed by atoms with Crippen LogP contribution in [0.5, 0.6) is 17.2 Å². The lowest BCUT2D eigenvalue weighted by Gasteiger charge is -2.15. The number of aliphatic hydroxyl groups excluding tert-OH is 1. The number of ether oxygens (including phenoxy) is 1. The Kier molecular flexibility index (Phi) is 6.35. The number of esters is 1. The molecule has 2 rings (SSSR count). The summed E-state index contributed by atoms with van der Waals surface area (Å²) < 4.78 is 5.18. The number of aromatic hydroxyl groups is 2. The molecule has 0 aliphatic rings. The van der Waals surface area contributed by atoms with E-state index in [4.69, 9.17) is 10.5 Å². The van der Waals surface area contributed by atoms with Gasteiger partial charge in [-0.15, -0.1) is 0 Å². The summed E-state index contributed by atoms with van der Waals surface area (Å²) in [6.07, 6.45) is -0.573. The number of nitrogens with one attached hydrogen (secondary N) is 1. The summed E-state index contributed by atoms with van der Waals surface area (Å²) in [6, 6.07) is 9.70. The number of phenolic OH excluding ortho intramolecular Hbond substituents is 2. The quantitative estimate of drug-likeness (QED) is 0.371. The fourth-order valence-electron chi connectivity index (χ4n) is 2.28. The van der Waals surface area contributed by atoms with Gasteiger partial charge in [-0.25, -0.2) is 4.79 Å². The van der Waals surface area contributed by atoms with Crippen LogP contribution in [0.25, 0.3) is 0 Å². The van der Waals surface area contributed by atoms with Crippen LogP contribution < -0.4 is 15.8 Å². The second kappa shape index (κ2) is 8.48. The van der Waals surface area contributed by atoms with E-state index in [1.807, 2.05) is 0 Å². The number of carbonyl (C=O) groups excluding carboxylic acids is 1. The van der Waals surface area contributed by atoms with Crippen molar-refractivity contribution < 1.29 is 24.9 Å². The van der Waals surface area contributed by atoms with E-state index in [1.165, 1.54) is 24.3 Å². The van der Waals surface area contributed by atoms with E-state index >= 15 is 0 Å². The Hall–Kier alpha value is -2.61. The van der Waals surface area contributed by atoms with Crippen molar-refractivity contribution >= 4 is 5.97 Å². The maximum atomic E-state index is 12.2. The third-order valence-corrected chi connectivity index (χ3v) is 3.67.